The molecule has 4 rings (SSSR count). The van der Waals surface area contributed by atoms with Crippen LogP contribution in [0.3, 0.4) is 0 Å². The van der Waals surface area contributed by atoms with Gasteiger partial charge < -0.3 is 0 Å². The fraction of sp³-hybridized carbons (Fsp3) is 0.0526. The standard InChI is InChI=1S/C19H11ClF2N2O2S/c20-14-9-13(5-6-15(14)22)24-18(25)17-16(7-8-27-17)23(19(24)26)10-11-1-3-12(21)4-2-11/h1-9H,10H2. The Morgan fingerprint density at radius 1 is 1.00 bits per heavy atom. The van der Waals surface area contributed by atoms with Crippen molar-refractivity contribution in [2.75, 3.05) is 0 Å². The third-order valence-electron chi connectivity index (χ3n) is 4.17. The predicted molar refractivity (Wildman–Crippen MR) is 102 cm³/mol. The van der Waals surface area contributed by atoms with Crippen molar-refractivity contribution in [1.82, 2.24) is 9.13 Å². The Labute approximate surface area is 160 Å². The van der Waals surface area contributed by atoms with Gasteiger partial charge >= 0.3 is 5.69 Å². The smallest absolute Gasteiger partial charge is 0.288 e. The van der Waals surface area contributed by atoms with Crippen molar-refractivity contribution >= 4 is 33.2 Å². The molecule has 0 saturated carbocycles. The molecule has 136 valence electrons. The first-order valence-corrected chi connectivity index (χ1v) is 9.14. The monoisotopic (exact) mass is 404 g/mol. The van der Waals surface area contributed by atoms with Gasteiger partial charge in [0.2, 0.25) is 0 Å². The normalized spacial score (nSPS) is 11.2. The molecule has 0 atom stereocenters. The van der Waals surface area contributed by atoms with E-state index in [0.29, 0.717) is 15.8 Å². The highest BCUT2D eigenvalue weighted by Crippen LogP contribution is 2.20. The number of fused-ring (bicyclic) bond motifs is 1. The number of hydrogen-bond donors (Lipinski definition) is 0. The van der Waals surface area contributed by atoms with E-state index in [1.54, 1.807) is 23.6 Å². The van der Waals surface area contributed by atoms with E-state index in [-0.39, 0.29) is 23.1 Å². The van der Waals surface area contributed by atoms with Crippen LogP contribution in [0.4, 0.5) is 8.78 Å². The maximum Gasteiger partial charge on any atom is 0.336 e. The highest BCUT2D eigenvalue weighted by atomic mass is 35.5. The van der Waals surface area contributed by atoms with Crippen LogP contribution in [-0.4, -0.2) is 9.13 Å². The van der Waals surface area contributed by atoms with Crippen LogP contribution in [0.25, 0.3) is 15.9 Å². The maximum atomic E-state index is 13.5. The molecule has 4 nitrogen and oxygen atoms in total. The largest absolute Gasteiger partial charge is 0.336 e. The van der Waals surface area contributed by atoms with Crippen LogP contribution in [0.1, 0.15) is 5.56 Å². The highest BCUT2D eigenvalue weighted by molar-refractivity contribution is 7.17. The summed E-state index contributed by atoms with van der Waals surface area (Å²) in [6.45, 7) is 0.154. The molecule has 4 aromatic rings. The predicted octanol–water partition coefficient (Wildman–Crippen LogP) is 4.19. The van der Waals surface area contributed by atoms with E-state index in [0.717, 1.165) is 10.6 Å². The van der Waals surface area contributed by atoms with E-state index in [4.69, 9.17) is 11.6 Å². The molecule has 0 aliphatic rings. The van der Waals surface area contributed by atoms with Crippen molar-refractivity contribution in [1.29, 1.82) is 0 Å². The number of halogens is 3. The summed E-state index contributed by atoms with van der Waals surface area (Å²) in [4.78, 5) is 25.9. The molecule has 0 unspecified atom stereocenters. The van der Waals surface area contributed by atoms with E-state index in [1.165, 1.54) is 40.2 Å². The van der Waals surface area contributed by atoms with Gasteiger partial charge in [-0.15, -0.1) is 11.3 Å². The second kappa shape index (κ2) is 6.75. The molecule has 0 saturated heterocycles. The fourth-order valence-corrected chi connectivity index (χ4v) is 3.86. The summed E-state index contributed by atoms with van der Waals surface area (Å²) >= 11 is 7.02. The third-order valence-corrected chi connectivity index (χ3v) is 5.35. The topological polar surface area (TPSA) is 44.0 Å². The summed E-state index contributed by atoms with van der Waals surface area (Å²) in [5.74, 6) is -1.02. The second-order valence-electron chi connectivity index (χ2n) is 5.87. The summed E-state index contributed by atoms with van der Waals surface area (Å²) in [6.07, 6.45) is 0. The lowest BCUT2D eigenvalue weighted by atomic mass is 10.2. The van der Waals surface area contributed by atoms with Crippen LogP contribution in [-0.2, 0) is 6.54 Å². The zero-order valence-electron chi connectivity index (χ0n) is 13.7. The molecule has 0 N–H and O–H groups in total. The summed E-state index contributed by atoms with van der Waals surface area (Å²) in [7, 11) is 0. The van der Waals surface area contributed by atoms with Gasteiger partial charge in [-0.25, -0.2) is 18.1 Å². The molecule has 0 bridgehead atoms. The van der Waals surface area contributed by atoms with Crippen molar-refractivity contribution in [2.45, 2.75) is 6.54 Å². The van der Waals surface area contributed by atoms with Crippen molar-refractivity contribution in [2.24, 2.45) is 0 Å². The number of thiophene rings is 1. The van der Waals surface area contributed by atoms with E-state index < -0.39 is 17.1 Å². The van der Waals surface area contributed by atoms with Crippen molar-refractivity contribution in [3.05, 3.63) is 97.0 Å². The van der Waals surface area contributed by atoms with Crippen LogP contribution in [0.15, 0.2) is 63.5 Å². The summed E-state index contributed by atoms with van der Waals surface area (Å²) in [5, 5.41) is 1.53. The van der Waals surface area contributed by atoms with Gasteiger partial charge in [0.15, 0.2) is 0 Å². The molecule has 2 aromatic heterocycles. The lowest BCUT2D eigenvalue weighted by molar-refractivity contribution is 0.625. The molecule has 0 aliphatic heterocycles. The van der Waals surface area contributed by atoms with Gasteiger partial charge in [0, 0.05) is 0 Å². The number of rotatable bonds is 3. The Hall–Kier alpha value is -2.77. The zero-order valence-corrected chi connectivity index (χ0v) is 15.2. The number of aromatic nitrogens is 2. The highest BCUT2D eigenvalue weighted by Gasteiger charge is 2.16. The van der Waals surface area contributed by atoms with Gasteiger partial charge in [-0.05, 0) is 47.3 Å². The lowest BCUT2D eigenvalue weighted by Gasteiger charge is -2.13. The van der Waals surface area contributed by atoms with Crippen LogP contribution in [0.2, 0.25) is 5.02 Å². The first-order valence-electron chi connectivity index (χ1n) is 7.88. The molecule has 27 heavy (non-hydrogen) atoms. The number of benzene rings is 2. The van der Waals surface area contributed by atoms with E-state index in [2.05, 4.69) is 0 Å². The summed E-state index contributed by atoms with van der Waals surface area (Å²) in [6, 6.07) is 11.1. The molecule has 0 spiro atoms. The quantitative estimate of drug-likeness (QED) is 0.514. The average Bonchev–Trinajstić information content (AvgIpc) is 3.13. The SMILES string of the molecule is O=c1c2sccc2n(Cc2ccc(F)cc2)c(=O)n1-c1ccc(F)c(Cl)c1. The number of hydrogen-bond acceptors (Lipinski definition) is 3. The Kier molecular flexibility index (Phi) is 4.41. The maximum absolute atomic E-state index is 13.5. The lowest BCUT2D eigenvalue weighted by Crippen LogP contribution is -2.38. The van der Waals surface area contributed by atoms with Crippen molar-refractivity contribution < 1.29 is 8.78 Å². The molecule has 0 radical (unpaired) electrons. The Morgan fingerprint density at radius 2 is 1.74 bits per heavy atom. The fourth-order valence-electron chi connectivity index (χ4n) is 2.86. The zero-order chi connectivity index (χ0) is 19.1. The van der Waals surface area contributed by atoms with E-state index in [1.807, 2.05) is 0 Å². The second-order valence-corrected chi connectivity index (χ2v) is 7.19. The van der Waals surface area contributed by atoms with E-state index in [9.17, 15) is 18.4 Å². The minimum atomic E-state index is -0.641. The summed E-state index contributed by atoms with van der Waals surface area (Å²) in [5.41, 5.74) is 0.289. The number of nitrogens with zero attached hydrogens (tertiary/aromatic N) is 2. The molecule has 2 heterocycles. The van der Waals surface area contributed by atoms with Gasteiger partial charge in [-0.2, -0.15) is 0 Å². The molecule has 0 fully saturated rings. The van der Waals surface area contributed by atoms with Crippen LogP contribution in [0.5, 0.6) is 0 Å². The Bertz CT molecular complexity index is 1280. The molecule has 0 amide bonds. The minimum Gasteiger partial charge on any atom is -0.288 e. The first-order chi connectivity index (χ1) is 13.0. The summed E-state index contributed by atoms with van der Waals surface area (Å²) < 4.78 is 29.4. The Balaban J connectivity index is 1.97. The van der Waals surface area contributed by atoms with Crippen LogP contribution >= 0.6 is 22.9 Å². The van der Waals surface area contributed by atoms with Crippen LogP contribution < -0.4 is 11.2 Å². The molecular weight excluding hydrogens is 394 g/mol. The van der Waals surface area contributed by atoms with Crippen molar-refractivity contribution in [3.63, 3.8) is 0 Å². The van der Waals surface area contributed by atoms with Crippen molar-refractivity contribution in [3.8, 4) is 5.69 Å². The molecule has 2 aromatic carbocycles. The van der Waals surface area contributed by atoms with Gasteiger partial charge in [0.25, 0.3) is 5.56 Å². The van der Waals surface area contributed by atoms with Gasteiger partial charge in [-0.1, -0.05) is 23.7 Å². The van der Waals surface area contributed by atoms with Gasteiger partial charge in [0.1, 0.15) is 16.3 Å². The van der Waals surface area contributed by atoms with Gasteiger partial charge in [0.05, 0.1) is 22.8 Å². The van der Waals surface area contributed by atoms with Crippen LogP contribution in [0, 0.1) is 11.6 Å². The molecule has 8 heteroatoms. The molecular formula is C19H11ClF2N2O2S. The van der Waals surface area contributed by atoms with E-state index >= 15 is 0 Å². The molecule has 0 aliphatic carbocycles. The third kappa shape index (κ3) is 3.09. The minimum absolute atomic E-state index is 0.154. The Morgan fingerprint density at radius 3 is 2.44 bits per heavy atom. The van der Waals surface area contributed by atoms with Gasteiger partial charge in [-0.3, -0.25) is 9.36 Å². The average molecular weight is 405 g/mol. The first kappa shape index (κ1) is 17.6.